The second-order valence-electron chi connectivity index (χ2n) is 8.69. The van der Waals surface area contributed by atoms with Gasteiger partial charge < -0.3 is 9.64 Å². The maximum Gasteiger partial charge on any atom is 0.416 e. The Hall–Kier alpha value is -3.33. The van der Waals surface area contributed by atoms with Crippen molar-refractivity contribution in [2.75, 3.05) is 13.1 Å². The number of benzene rings is 3. The quantitative estimate of drug-likeness (QED) is 0.350. The van der Waals surface area contributed by atoms with Gasteiger partial charge in [-0.15, -0.1) is 0 Å². The van der Waals surface area contributed by atoms with E-state index in [1.165, 1.54) is 0 Å². The molecule has 1 fully saturated rings. The van der Waals surface area contributed by atoms with Gasteiger partial charge in [-0.05, 0) is 47.9 Å². The van der Waals surface area contributed by atoms with Crippen LogP contribution in [0, 0.1) is 0 Å². The van der Waals surface area contributed by atoms with Crippen LogP contribution in [0.5, 0.6) is 0 Å². The minimum atomic E-state index is -4.92. The Bertz CT molecular complexity index is 1150. The zero-order valence-corrected chi connectivity index (χ0v) is 19.0. The minimum Gasteiger partial charge on any atom is -0.373 e. The molecule has 1 saturated heterocycles. The number of carbonyl (C=O) groups excluding carboxylic acids is 1. The van der Waals surface area contributed by atoms with Crippen molar-refractivity contribution in [1.82, 2.24) is 4.90 Å². The first-order valence-corrected chi connectivity index (χ1v) is 11.3. The number of hydrogen-bond donors (Lipinski definition) is 0. The van der Waals surface area contributed by atoms with Gasteiger partial charge in [0.05, 0.1) is 23.8 Å². The lowest BCUT2D eigenvalue weighted by atomic mass is 9.87. The van der Waals surface area contributed by atoms with Crippen LogP contribution in [-0.2, 0) is 23.7 Å². The van der Waals surface area contributed by atoms with E-state index in [1.54, 1.807) is 29.2 Å². The predicted molar refractivity (Wildman–Crippen MR) is 121 cm³/mol. The van der Waals surface area contributed by atoms with Gasteiger partial charge in [-0.1, -0.05) is 48.5 Å². The summed E-state index contributed by atoms with van der Waals surface area (Å²) in [7, 11) is 0. The minimum absolute atomic E-state index is 0.101. The highest BCUT2D eigenvalue weighted by Crippen LogP contribution is 2.37. The number of rotatable bonds is 5. The Labute approximate surface area is 204 Å². The van der Waals surface area contributed by atoms with E-state index in [4.69, 9.17) is 4.74 Å². The van der Waals surface area contributed by atoms with E-state index in [9.17, 15) is 31.1 Å². The molecular weight excluding hydrogens is 484 g/mol. The third-order valence-electron chi connectivity index (χ3n) is 6.20. The number of carbonyl (C=O) groups is 1. The Morgan fingerprint density at radius 2 is 1.39 bits per heavy atom. The van der Waals surface area contributed by atoms with E-state index in [0.717, 1.165) is 5.56 Å². The summed E-state index contributed by atoms with van der Waals surface area (Å²) in [6.07, 6.45) is -9.98. The molecule has 190 valence electrons. The predicted octanol–water partition coefficient (Wildman–Crippen LogP) is 6.94. The van der Waals surface area contributed by atoms with Crippen molar-refractivity contribution < 1.29 is 35.9 Å². The van der Waals surface area contributed by atoms with Gasteiger partial charge in [0.15, 0.2) is 0 Å². The summed E-state index contributed by atoms with van der Waals surface area (Å²) in [6, 6.07) is 19.4. The highest BCUT2D eigenvalue weighted by molar-refractivity contribution is 5.94. The van der Waals surface area contributed by atoms with Crippen molar-refractivity contribution >= 4 is 5.91 Å². The van der Waals surface area contributed by atoms with Crippen LogP contribution >= 0.6 is 0 Å². The number of likely N-dealkylation sites (tertiary alicyclic amines) is 1. The topological polar surface area (TPSA) is 29.5 Å². The molecule has 2 atom stereocenters. The lowest BCUT2D eigenvalue weighted by Crippen LogP contribution is -2.45. The molecule has 0 aromatic heterocycles. The number of ether oxygens (including phenoxy) is 1. The van der Waals surface area contributed by atoms with Crippen LogP contribution in [0.4, 0.5) is 26.3 Å². The SMILES string of the molecule is O=C(c1ccccc1)N1CC[C@H](OCc2cc(C(F)(F)F)cc(C(F)(F)F)c2)[C@H](c2ccccc2)C1. The van der Waals surface area contributed by atoms with Gasteiger partial charge in [-0.2, -0.15) is 26.3 Å². The summed E-state index contributed by atoms with van der Waals surface area (Å²) < 4.78 is 85.3. The molecule has 1 heterocycles. The van der Waals surface area contributed by atoms with Crippen LogP contribution < -0.4 is 0 Å². The normalized spacial score (nSPS) is 18.8. The molecule has 3 aromatic rings. The molecule has 0 radical (unpaired) electrons. The molecule has 0 N–H and O–H groups in total. The first kappa shape index (κ1) is 25.8. The monoisotopic (exact) mass is 507 g/mol. The third-order valence-corrected chi connectivity index (χ3v) is 6.20. The molecule has 1 aliphatic heterocycles. The van der Waals surface area contributed by atoms with E-state index in [2.05, 4.69) is 0 Å². The molecule has 3 aromatic carbocycles. The largest absolute Gasteiger partial charge is 0.416 e. The summed E-state index contributed by atoms with van der Waals surface area (Å²) in [4.78, 5) is 14.7. The van der Waals surface area contributed by atoms with Crippen LogP contribution in [0.25, 0.3) is 0 Å². The van der Waals surface area contributed by atoms with Crippen LogP contribution in [0.15, 0.2) is 78.9 Å². The van der Waals surface area contributed by atoms with E-state index in [-0.39, 0.29) is 23.5 Å². The highest BCUT2D eigenvalue weighted by Gasteiger charge is 2.38. The molecule has 9 heteroatoms. The Balaban J connectivity index is 1.56. The van der Waals surface area contributed by atoms with E-state index in [0.29, 0.717) is 37.2 Å². The molecule has 36 heavy (non-hydrogen) atoms. The molecule has 0 bridgehead atoms. The zero-order chi connectivity index (χ0) is 25.9. The molecule has 0 aliphatic carbocycles. The summed E-state index contributed by atoms with van der Waals surface area (Å²) in [5.74, 6) is -0.455. The van der Waals surface area contributed by atoms with Gasteiger partial charge in [-0.25, -0.2) is 0 Å². The van der Waals surface area contributed by atoms with Crippen LogP contribution in [0.2, 0.25) is 0 Å². The Morgan fingerprint density at radius 3 is 1.94 bits per heavy atom. The lowest BCUT2D eigenvalue weighted by Gasteiger charge is -2.39. The van der Waals surface area contributed by atoms with Crippen molar-refractivity contribution in [1.29, 1.82) is 0 Å². The van der Waals surface area contributed by atoms with Gasteiger partial charge in [0, 0.05) is 24.6 Å². The molecule has 1 aliphatic rings. The van der Waals surface area contributed by atoms with Gasteiger partial charge in [0.25, 0.3) is 5.91 Å². The smallest absolute Gasteiger partial charge is 0.373 e. The van der Waals surface area contributed by atoms with E-state index < -0.39 is 36.2 Å². The zero-order valence-electron chi connectivity index (χ0n) is 19.0. The number of piperidine rings is 1. The maximum atomic E-state index is 13.2. The number of hydrogen-bond acceptors (Lipinski definition) is 2. The van der Waals surface area contributed by atoms with Crippen LogP contribution in [0.1, 0.15) is 45.0 Å². The number of amides is 1. The van der Waals surface area contributed by atoms with Gasteiger partial charge in [0.1, 0.15) is 0 Å². The standard InChI is InChI=1S/C27H23F6NO2/c28-26(29,30)21-13-18(14-22(15-21)27(31,32)33)17-36-24-11-12-34(25(35)20-9-5-2-6-10-20)16-23(24)19-7-3-1-4-8-19/h1-10,13-15,23-24H,11-12,16-17H2/t23-,24-/m0/s1. The molecule has 0 spiro atoms. The van der Waals surface area contributed by atoms with Crippen molar-refractivity contribution in [3.63, 3.8) is 0 Å². The highest BCUT2D eigenvalue weighted by atomic mass is 19.4. The van der Waals surface area contributed by atoms with E-state index in [1.807, 2.05) is 36.4 Å². The fraction of sp³-hybridized carbons (Fsp3) is 0.296. The fourth-order valence-electron chi connectivity index (χ4n) is 4.40. The van der Waals surface area contributed by atoms with Gasteiger partial charge in [-0.3, -0.25) is 4.79 Å². The molecule has 4 rings (SSSR count). The molecule has 3 nitrogen and oxygen atoms in total. The number of halogens is 6. The maximum absolute atomic E-state index is 13.2. The second kappa shape index (κ2) is 10.3. The van der Waals surface area contributed by atoms with Crippen molar-refractivity contribution in [2.45, 2.75) is 37.4 Å². The Morgan fingerprint density at radius 1 is 0.833 bits per heavy atom. The van der Waals surface area contributed by atoms with Gasteiger partial charge in [0.2, 0.25) is 0 Å². The second-order valence-corrected chi connectivity index (χ2v) is 8.69. The first-order valence-electron chi connectivity index (χ1n) is 11.3. The average molecular weight is 507 g/mol. The third kappa shape index (κ3) is 6.07. The average Bonchev–Trinajstić information content (AvgIpc) is 2.87. The fourth-order valence-corrected chi connectivity index (χ4v) is 4.40. The molecule has 0 unspecified atom stereocenters. The van der Waals surface area contributed by atoms with Crippen LogP contribution in [-0.4, -0.2) is 30.0 Å². The summed E-state index contributed by atoms with van der Waals surface area (Å²) in [5.41, 5.74) is -1.57. The van der Waals surface area contributed by atoms with Crippen molar-refractivity contribution in [3.8, 4) is 0 Å². The summed E-state index contributed by atoms with van der Waals surface area (Å²) in [6.45, 7) is 0.227. The van der Waals surface area contributed by atoms with Crippen molar-refractivity contribution in [2.24, 2.45) is 0 Å². The Kier molecular flexibility index (Phi) is 7.40. The van der Waals surface area contributed by atoms with Crippen molar-refractivity contribution in [3.05, 3.63) is 107 Å². The van der Waals surface area contributed by atoms with Crippen LogP contribution in [0.3, 0.4) is 0 Å². The molecule has 0 saturated carbocycles. The lowest BCUT2D eigenvalue weighted by molar-refractivity contribution is -0.143. The summed E-state index contributed by atoms with van der Waals surface area (Å²) >= 11 is 0. The summed E-state index contributed by atoms with van der Waals surface area (Å²) in [5, 5.41) is 0. The molecular formula is C27H23F6NO2. The number of nitrogens with zero attached hydrogens (tertiary/aromatic N) is 1. The number of alkyl halides is 6. The first-order chi connectivity index (χ1) is 17.0. The van der Waals surface area contributed by atoms with E-state index >= 15 is 0 Å². The van der Waals surface area contributed by atoms with Gasteiger partial charge >= 0.3 is 12.4 Å². The molecule has 1 amide bonds.